The highest BCUT2D eigenvalue weighted by Gasteiger charge is 2.73. The Bertz CT molecular complexity index is 1110. The lowest BCUT2D eigenvalue weighted by molar-refractivity contribution is -0.143. The maximum Gasteiger partial charge on any atom is 0.251 e. The highest BCUT2D eigenvalue weighted by Crippen LogP contribution is 2.65. The molecule has 5 rings (SSSR count). The van der Waals surface area contributed by atoms with Crippen LogP contribution in [0.1, 0.15) is 18.1 Å². The van der Waals surface area contributed by atoms with Gasteiger partial charge in [-0.05, 0) is 31.9 Å². The summed E-state index contributed by atoms with van der Waals surface area (Å²) in [5.41, 5.74) is 2.83. The van der Waals surface area contributed by atoms with Gasteiger partial charge in [0.05, 0.1) is 23.2 Å². The van der Waals surface area contributed by atoms with Crippen molar-refractivity contribution >= 4 is 35.2 Å². The number of β-amino-alcohol motifs (C(OH)–C–C–N with tert-alkyl or cyclic N) is 1. The van der Waals surface area contributed by atoms with Gasteiger partial charge in [0.2, 0.25) is 11.8 Å². The second-order valence-corrected chi connectivity index (χ2v) is 11.8. The van der Waals surface area contributed by atoms with E-state index in [1.54, 1.807) is 28.6 Å². The van der Waals surface area contributed by atoms with Crippen molar-refractivity contribution in [1.82, 2.24) is 9.80 Å². The third-order valence-corrected chi connectivity index (χ3v) is 9.61. The minimum atomic E-state index is -0.883. The molecule has 1 aromatic carbocycles. The number of likely N-dealkylation sites (N-methyl/N-ethyl adjacent to an activating group) is 1. The van der Waals surface area contributed by atoms with Crippen LogP contribution in [0.2, 0.25) is 0 Å². The summed E-state index contributed by atoms with van der Waals surface area (Å²) in [5, 5.41) is 9.82. The second kappa shape index (κ2) is 7.99. The number of carbonyl (C=O) groups excluding carboxylic acids is 3. The molecule has 0 aromatic heterocycles. The highest BCUT2D eigenvalue weighted by molar-refractivity contribution is 8.02. The van der Waals surface area contributed by atoms with Gasteiger partial charge in [-0.25, -0.2) is 0 Å². The second-order valence-electron chi connectivity index (χ2n) is 9.97. The van der Waals surface area contributed by atoms with Gasteiger partial charge in [-0.3, -0.25) is 14.4 Å². The van der Waals surface area contributed by atoms with E-state index in [1.165, 1.54) is 4.90 Å². The maximum atomic E-state index is 14.3. The van der Waals surface area contributed by atoms with Crippen molar-refractivity contribution in [3.8, 4) is 0 Å². The molecule has 7 nitrogen and oxygen atoms in total. The molecule has 1 unspecified atom stereocenters. The number of benzene rings is 1. The number of nitrogens with zero attached hydrogens (tertiary/aromatic N) is 3. The fourth-order valence-corrected chi connectivity index (χ4v) is 8.58. The Labute approximate surface area is 204 Å². The third-order valence-electron chi connectivity index (χ3n) is 7.81. The van der Waals surface area contributed by atoms with Crippen LogP contribution in [0, 0.1) is 25.7 Å². The molecule has 1 spiro atoms. The third kappa shape index (κ3) is 3.04. The average Bonchev–Trinajstić information content (AvgIpc) is 3.05. The standard InChI is InChI=1S/C26H31N3O4S/c1-16-8-5-9-17(2)20(16)28-13-7-11-26-19(23(32)29(14-15-30)21(26)24(28)33)18-22(31)27(4)12-6-10-25(18,3)34-26/h5-11,18-19,21,30H,12-15H2,1-4H3/t18-,19+,21?,25+,26+/m1/s1. The zero-order valence-electron chi connectivity index (χ0n) is 20.0. The van der Waals surface area contributed by atoms with Crippen molar-refractivity contribution in [2.24, 2.45) is 11.8 Å². The molecule has 3 amide bonds. The zero-order chi connectivity index (χ0) is 24.4. The number of aliphatic hydroxyl groups excluding tert-OH is 1. The first-order valence-electron chi connectivity index (χ1n) is 11.8. The highest BCUT2D eigenvalue weighted by atomic mass is 32.2. The molecule has 8 heteroatoms. The van der Waals surface area contributed by atoms with Crippen molar-refractivity contribution < 1.29 is 19.5 Å². The first-order chi connectivity index (χ1) is 16.2. The molecule has 34 heavy (non-hydrogen) atoms. The number of hydrogen-bond donors (Lipinski definition) is 1. The molecule has 180 valence electrons. The quantitative estimate of drug-likeness (QED) is 0.667. The molecule has 0 bridgehead atoms. The van der Waals surface area contributed by atoms with Crippen LogP contribution in [0.25, 0.3) is 0 Å². The van der Waals surface area contributed by atoms with E-state index in [4.69, 9.17) is 0 Å². The molecular weight excluding hydrogens is 450 g/mol. The molecule has 1 aromatic rings. The summed E-state index contributed by atoms with van der Waals surface area (Å²) in [5.74, 6) is -1.71. The number of likely N-dealkylation sites (tertiary alicyclic amines) is 1. The van der Waals surface area contributed by atoms with Crippen molar-refractivity contribution in [2.75, 3.05) is 38.2 Å². The Balaban J connectivity index is 1.68. The number of anilines is 1. The van der Waals surface area contributed by atoms with Crippen molar-refractivity contribution in [2.45, 2.75) is 36.3 Å². The predicted octanol–water partition coefficient (Wildman–Crippen LogP) is 1.91. The number of amides is 3. The molecule has 2 saturated heterocycles. The summed E-state index contributed by atoms with van der Waals surface area (Å²) in [7, 11) is 1.76. The van der Waals surface area contributed by atoms with Gasteiger partial charge in [-0.15, -0.1) is 11.8 Å². The number of aliphatic hydroxyl groups is 1. The van der Waals surface area contributed by atoms with Crippen LogP contribution in [0.15, 0.2) is 42.5 Å². The van der Waals surface area contributed by atoms with E-state index in [0.29, 0.717) is 13.1 Å². The van der Waals surface area contributed by atoms with Crippen LogP contribution >= 0.6 is 11.8 Å². The Hall–Kier alpha value is -2.58. The van der Waals surface area contributed by atoms with Crippen molar-refractivity contribution in [1.29, 1.82) is 0 Å². The Morgan fingerprint density at radius 1 is 1.00 bits per heavy atom. The lowest BCUT2D eigenvalue weighted by Crippen LogP contribution is -2.54. The van der Waals surface area contributed by atoms with E-state index in [9.17, 15) is 19.5 Å². The number of fused-ring (bicyclic) bond motifs is 2. The van der Waals surface area contributed by atoms with E-state index < -0.39 is 27.4 Å². The van der Waals surface area contributed by atoms with Gasteiger partial charge in [-0.1, -0.05) is 42.5 Å². The van der Waals surface area contributed by atoms with Gasteiger partial charge < -0.3 is 19.8 Å². The molecule has 4 aliphatic heterocycles. The normalized spacial score (nSPS) is 34.8. The first-order valence-corrected chi connectivity index (χ1v) is 12.6. The van der Waals surface area contributed by atoms with Crippen LogP contribution in [0.5, 0.6) is 0 Å². The Morgan fingerprint density at radius 2 is 1.68 bits per heavy atom. The number of carbonyl (C=O) groups is 3. The summed E-state index contributed by atoms with van der Waals surface area (Å²) >= 11 is 1.56. The molecule has 4 heterocycles. The molecule has 0 radical (unpaired) electrons. The molecule has 0 saturated carbocycles. The number of rotatable bonds is 3. The number of thioether (sulfide) groups is 1. The minimum Gasteiger partial charge on any atom is -0.395 e. The Kier molecular flexibility index (Phi) is 5.44. The molecular formula is C26H31N3O4S. The number of aryl methyl sites for hydroxylation is 2. The number of para-hydroxylation sites is 1. The topological polar surface area (TPSA) is 81.2 Å². The van der Waals surface area contributed by atoms with E-state index in [2.05, 4.69) is 0 Å². The maximum absolute atomic E-state index is 14.3. The van der Waals surface area contributed by atoms with E-state index >= 15 is 0 Å². The van der Waals surface area contributed by atoms with Gasteiger partial charge in [0.1, 0.15) is 6.04 Å². The van der Waals surface area contributed by atoms with Crippen molar-refractivity contribution in [3.05, 3.63) is 53.6 Å². The van der Waals surface area contributed by atoms with Gasteiger partial charge in [0.15, 0.2) is 0 Å². The molecule has 1 N–H and O–H groups in total. The lowest BCUT2D eigenvalue weighted by Gasteiger charge is -2.37. The fourth-order valence-electron chi connectivity index (χ4n) is 6.42. The van der Waals surface area contributed by atoms with Gasteiger partial charge >= 0.3 is 0 Å². The van der Waals surface area contributed by atoms with Crippen LogP contribution in [0.3, 0.4) is 0 Å². The summed E-state index contributed by atoms with van der Waals surface area (Å²) in [6.45, 7) is 6.68. The SMILES string of the molecule is Cc1cccc(C)c1N1CC=C[C@]23S[C@@]4(C)C=CCN(C)C(=O)[C@H]4[C@H]2C(=O)N(CCO)C3C1=O. The minimum absolute atomic E-state index is 0.0613. The molecule has 0 aliphatic carbocycles. The smallest absolute Gasteiger partial charge is 0.251 e. The lowest BCUT2D eigenvalue weighted by atomic mass is 9.74. The van der Waals surface area contributed by atoms with Crippen LogP contribution in [-0.4, -0.2) is 81.5 Å². The van der Waals surface area contributed by atoms with E-state index in [-0.39, 0.29) is 30.9 Å². The van der Waals surface area contributed by atoms with Gasteiger partial charge in [0.25, 0.3) is 5.91 Å². The summed E-state index contributed by atoms with van der Waals surface area (Å²) in [6.07, 6.45) is 8.02. The molecule has 4 aliphatic rings. The fraction of sp³-hybridized carbons (Fsp3) is 0.500. The number of hydrogen-bond acceptors (Lipinski definition) is 5. The predicted molar refractivity (Wildman–Crippen MR) is 132 cm³/mol. The zero-order valence-corrected chi connectivity index (χ0v) is 20.8. The molecule has 2 fully saturated rings. The largest absolute Gasteiger partial charge is 0.395 e. The summed E-state index contributed by atoms with van der Waals surface area (Å²) < 4.78 is -1.49. The van der Waals surface area contributed by atoms with Gasteiger partial charge in [0, 0.05) is 37.1 Å². The van der Waals surface area contributed by atoms with E-state index in [1.807, 2.05) is 63.3 Å². The molecule has 5 atom stereocenters. The first kappa shape index (κ1) is 23.2. The van der Waals surface area contributed by atoms with Crippen LogP contribution in [-0.2, 0) is 14.4 Å². The summed E-state index contributed by atoms with van der Waals surface area (Å²) in [6, 6.07) is 5.14. The van der Waals surface area contributed by atoms with Crippen molar-refractivity contribution in [3.63, 3.8) is 0 Å². The average molecular weight is 482 g/mol. The van der Waals surface area contributed by atoms with E-state index in [0.717, 1.165) is 16.8 Å². The Morgan fingerprint density at radius 3 is 2.35 bits per heavy atom. The van der Waals surface area contributed by atoms with Gasteiger partial charge in [-0.2, -0.15) is 0 Å². The monoisotopic (exact) mass is 481 g/mol. The van der Waals surface area contributed by atoms with Crippen LogP contribution < -0.4 is 4.90 Å². The summed E-state index contributed by atoms with van der Waals surface area (Å²) in [4.78, 5) is 46.7. The van der Waals surface area contributed by atoms with Crippen LogP contribution in [0.4, 0.5) is 5.69 Å².